The molecule has 154 valence electrons. The molecule has 1 aromatic rings. The van der Waals surface area contributed by atoms with Gasteiger partial charge in [-0.25, -0.2) is 0 Å². The van der Waals surface area contributed by atoms with E-state index in [4.69, 9.17) is 9.47 Å². The van der Waals surface area contributed by atoms with Gasteiger partial charge in [0.1, 0.15) is 0 Å². The number of piperidine rings is 1. The number of methoxy groups -OCH3 is 1. The van der Waals surface area contributed by atoms with Gasteiger partial charge in [-0.1, -0.05) is 12.8 Å². The monoisotopic (exact) mass is 386 g/mol. The van der Waals surface area contributed by atoms with Crippen molar-refractivity contribution < 1.29 is 14.3 Å². The van der Waals surface area contributed by atoms with E-state index in [9.17, 15) is 4.79 Å². The Morgan fingerprint density at radius 2 is 2.14 bits per heavy atom. The molecule has 3 aliphatic rings. The smallest absolute Gasteiger partial charge is 0.226 e. The van der Waals surface area contributed by atoms with Crippen LogP contribution in [0.5, 0.6) is 0 Å². The van der Waals surface area contributed by atoms with Crippen LogP contribution in [0, 0.1) is 12.8 Å². The first kappa shape index (κ1) is 19.9. The highest BCUT2D eigenvalue weighted by molar-refractivity contribution is 5.91. The molecule has 5 nitrogen and oxygen atoms in total. The predicted molar refractivity (Wildman–Crippen MR) is 111 cm³/mol. The minimum atomic E-state index is 0.0217. The summed E-state index contributed by atoms with van der Waals surface area (Å²) in [7, 11) is 1.65. The third-order valence-corrected chi connectivity index (χ3v) is 7.18. The van der Waals surface area contributed by atoms with Crippen molar-refractivity contribution in [2.45, 2.75) is 63.3 Å². The summed E-state index contributed by atoms with van der Waals surface area (Å²) in [6.45, 7) is 4.84. The third kappa shape index (κ3) is 3.72. The number of fused-ring (bicyclic) bond motifs is 1. The number of hydrogen-bond donors (Lipinski definition) is 2. The Morgan fingerprint density at radius 3 is 3.00 bits per heavy atom. The molecule has 2 fully saturated rings. The first-order valence-electron chi connectivity index (χ1n) is 10.9. The number of benzene rings is 1. The summed E-state index contributed by atoms with van der Waals surface area (Å²) in [5.41, 5.74) is 5.64. The normalized spacial score (nSPS) is 28.4. The summed E-state index contributed by atoms with van der Waals surface area (Å²) >= 11 is 0. The van der Waals surface area contributed by atoms with Gasteiger partial charge in [-0.3, -0.25) is 4.79 Å². The number of anilines is 1. The van der Waals surface area contributed by atoms with Crippen LogP contribution in [0.25, 0.3) is 0 Å². The van der Waals surface area contributed by atoms with Gasteiger partial charge in [-0.15, -0.1) is 0 Å². The van der Waals surface area contributed by atoms with Gasteiger partial charge in [-0.05, 0) is 73.9 Å². The largest absolute Gasteiger partial charge is 0.382 e. The standard InChI is InChI=1S/C23H34N2O3/c1-16-13-17(25-22(26)6-10-28-12-11-27-2)14-20-18(16)15-21-19-5-3-4-7-23(19,20)8-9-24-21/h13-14,19,21,24H,3-12,15H2,1-2H3,(H,25,26)/t19-,21+,23+/m0/s1. The van der Waals surface area contributed by atoms with E-state index in [1.807, 2.05) is 0 Å². The molecule has 1 saturated heterocycles. The fourth-order valence-corrected chi connectivity index (χ4v) is 5.93. The molecule has 0 radical (unpaired) electrons. The van der Waals surface area contributed by atoms with Crippen LogP contribution in [-0.4, -0.2) is 45.4 Å². The molecule has 1 aromatic carbocycles. The molecule has 1 aliphatic heterocycles. The van der Waals surface area contributed by atoms with Crippen molar-refractivity contribution in [1.29, 1.82) is 0 Å². The van der Waals surface area contributed by atoms with E-state index in [0.717, 1.165) is 24.6 Å². The van der Waals surface area contributed by atoms with E-state index in [1.165, 1.54) is 48.8 Å². The lowest BCUT2D eigenvalue weighted by Crippen LogP contribution is -2.59. The molecular weight excluding hydrogens is 352 g/mol. The third-order valence-electron chi connectivity index (χ3n) is 7.18. The van der Waals surface area contributed by atoms with Gasteiger partial charge in [0.25, 0.3) is 0 Å². The average Bonchev–Trinajstić information content (AvgIpc) is 2.69. The van der Waals surface area contributed by atoms with E-state index >= 15 is 0 Å². The molecular formula is C23H34N2O3. The molecule has 2 N–H and O–H groups in total. The van der Waals surface area contributed by atoms with Crippen molar-refractivity contribution in [2.75, 3.05) is 38.8 Å². The van der Waals surface area contributed by atoms with E-state index in [-0.39, 0.29) is 5.91 Å². The lowest BCUT2D eigenvalue weighted by atomic mass is 9.52. The molecule has 0 aromatic heterocycles. The van der Waals surface area contributed by atoms with E-state index in [1.54, 1.807) is 7.11 Å². The van der Waals surface area contributed by atoms with Crippen molar-refractivity contribution in [3.05, 3.63) is 28.8 Å². The Bertz CT molecular complexity index is 716. The van der Waals surface area contributed by atoms with Gasteiger partial charge in [-0.2, -0.15) is 0 Å². The van der Waals surface area contributed by atoms with Crippen LogP contribution in [-0.2, 0) is 26.1 Å². The number of amides is 1. The maximum absolute atomic E-state index is 12.4. The summed E-state index contributed by atoms with van der Waals surface area (Å²) in [5, 5.41) is 6.93. The van der Waals surface area contributed by atoms with Gasteiger partial charge in [0, 0.05) is 24.3 Å². The first-order chi connectivity index (χ1) is 13.6. The van der Waals surface area contributed by atoms with Crippen molar-refractivity contribution in [3.8, 4) is 0 Å². The van der Waals surface area contributed by atoms with E-state index < -0.39 is 0 Å². The maximum Gasteiger partial charge on any atom is 0.226 e. The van der Waals surface area contributed by atoms with Crippen molar-refractivity contribution >= 4 is 11.6 Å². The second kappa shape index (κ2) is 8.52. The van der Waals surface area contributed by atoms with Gasteiger partial charge in [0.2, 0.25) is 5.91 Å². The SMILES string of the molecule is COCCOCCC(=O)Nc1cc(C)c2c(c1)[C@@]13CCCC[C@H]1[C@@H](C2)NCC3. The molecule has 2 bridgehead atoms. The molecule has 0 spiro atoms. The van der Waals surface area contributed by atoms with Crippen molar-refractivity contribution in [2.24, 2.45) is 5.92 Å². The summed E-state index contributed by atoms with van der Waals surface area (Å²) in [6.07, 6.45) is 8.06. The molecule has 1 heterocycles. The molecule has 0 unspecified atom stereocenters. The second-order valence-electron chi connectivity index (χ2n) is 8.75. The minimum Gasteiger partial charge on any atom is -0.382 e. The quantitative estimate of drug-likeness (QED) is 0.706. The zero-order chi connectivity index (χ0) is 19.6. The summed E-state index contributed by atoms with van der Waals surface area (Å²) in [6, 6.07) is 5.08. The Kier molecular flexibility index (Phi) is 6.04. The molecule has 28 heavy (non-hydrogen) atoms. The van der Waals surface area contributed by atoms with Gasteiger partial charge in [0.15, 0.2) is 0 Å². The minimum absolute atomic E-state index is 0.0217. The second-order valence-corrected chi connectivity index (χ2v) is 8.75. The van der Waals surface area contributed by atoms with Crippen LogP contribution in [0.2, 0.25) is 0 Å². The Morgan fingerprint density at radius 1 is 1.25 bits per heavy atom. The van der Waals surface area contributed by atoms with Crippen LogP contribution >= 0.6 is 0 Å². The Hall–Kier alpha value is -1.43. The van der Waals surface area contributed by atoms with Crippen LogP contribution in [0.4, 0.5) is 5.69 Å². The molecule has 1 amide bonds. The summed E-state index contributed by atoms with van der Waals surface area (Å²) < 4.78 is 10.4. The molecule has 3 atom stereocenters. The topological polar surface area (TPSA) is 59.6 Å². The van der Waals surface area contributed by atoms with Crippen molar-refractivity contribution in [3.63, 3.8) is 0 Å². The molecule has 2 aliphatic carbocycles. The fourth-order valence-electron chi connectivity index (χ4n) is 5.93. The number of aryl methyl sites for hydroxylation is 1. The highest BCUT2D eigenvalue weighted by atomic mass is 16.5. The number of nitrogens with one attached hydrogen (secondary N) is 2. The lowest BCUT2D eigenvalue weighted by molar-refractivity contribution is -0.117. The Balaban J connectivity index is 1.51. The van der Waals surface area contributed by atoms with Crippen LogP contribution in [0.1, 0.15) is 55.2 Å². The lowest BCUT2D eigenvalue weighted by Gasteiger charge is -2.56. The maximum atomic E-state index is 12.4. The van der Waals surface area contributed by atoms with Gasteiger partial charge < -0.3 is 20.1 Å². The number of rotatable bonds is 7. The van der Waals surface area contributed by atoms with Crippen LogP contribution < -0.4 is 10.6 Å². The van der Waals surface area contributed by atoms with E-state index in [2.05, 4.69) is 29.7 Å². The number of hydrogen-bond acceptors (Lipinski definition) is 4. The average molecular weight is 387 g/mol. The van der Waals surface area contributed by atoms with Crippen LogP contribution in [0.15, 0.2) is 12.1 Å². The van der Waals surface area contributed by atoms with Crippen molar-refractivity contribution in [1.82, 2.24) is 5.32 Å². The first-order valence-corrected chi connectivity index (χ1v) is 10.9. The van der Waals surface area contributed by atoms with Crippen LogP contribution in [0.3, 0.4) is 0 Å². The number of carbonyl (C=O) groups is 1. The van der Waals surface area contributed by atoms with Gasteiger partial charge >= 0.3 is 0 Å². The number of ether oxygens (including phenoxy) is 2. The zero-order valence-corrected chi connectivity index (χ0v) is 17.3. The predicted octanol–water partition coefficient (Wildman–Crippen LogP) is 3.33. The summed E-state index contributed by atoms with van der Waals surface area (Å²) in [5.74, 6) is 0.774. The summed E-state index contributed by atoms with van der Waals surface area (Å²) in [4.78, 5) is 12.4. The molecule has 4 rings (SSSR count). The molecule has 5 heteroatoms. The highest BCUT2D eigenvalue weighted by Gasteiger charge is 2.51. The van der Waals surface area contributed by atoms with E-state index in [0.29, 0.717) is 37.7 Å². The fraction of sp³-hybridized carbons (Fsp3) is 0.696. The Labute approximate surface area is 168 Å². The number of carbonyl (C=O) groups excluding carboxylic acids is 1. The molecule has 1 saturated carbocycles. The zero-order valence-electron chi connectivity index (χ0n) is 17.3. The highest BCUT2D eigenvalue weighted by Crippen LogP contribution is 2.54. The van der Waals surface area contributed by atoms with Gasteiger partial charge in [0.05, 0.1) is 26.2 Å².